The van der Waals surface area contributed by atoms with Crippen LogP contribution in [0.1, 0.15) is 29.4 Å². The highest BCUT2D eigenvalue weighted by molar-refractivity contribution is 7.80. The molecule has 0 aliphatic carbocycles. The van der Waals surface area contributed by atoms with Gasteiger partial charge in [0, 0.05) is 11.3 Å². The molecule has 2 rings (SSSR count). The van der Waals surface area contributed by atoms with E-state index in [4.69, 9.17) is 17.0 Å². The highest BCUT2D eigenvalue weighted by Crippen LogP contribution is 2.13. The van der Waals surface area contributed by atoms with Crippen molar-refractivity contribution in [3.05, 3.63) is 53.7 Å². The van der Waals surface area contributed by atoms with Crippen molar-refractivity contribution in [1.29, 1.82) is 0 Å². The van der Waals surface area contributed by atoms with Gasteiger partial charge in [-0.25, -0.2) is 4.98 Å². The monoisotopic (exact) mass is 329 g/mol. The van der Waals surface area contributed by atoms with Gasteiger partial charge in [0.25, 0.3) is 5.91 Å². The summed E-state index contributed by atoms with van der Waals surface area (Å²) in [5, 5.41) is 5.72. The summed E-state index contributed by atoms with van der Waals surface area (Å²) < 4.78 is 5.52. The van der Waals surface area contributed by atoms with Gasteiger partial charge < -0.3 is 10.1 Å². The molecule has 2 N–H and O–H groups in total. The van der Waals surface area contributed by atoms with E-state index in [1.807, 2.05) is 32.0 Å². The van der Waals surface area contributed by atoms with Gasteiger partial charge in [0.15, 0.2) is 5.11 Å². The van der Waals surface area contributed by atoms with E-state index >= 15 is 0 Å². The lowest BCUT2D eigenvalue weighted by Gasteiger charge is -2.10. The number of nitrogens with zero attached hydrogens (tertiary/aromatic N) is 1. The summed E-state index contributed by atoms with van der Waals surface area (Å²) in [6, 6.07) is 12.5. The molecule has 0 unspecified atom stereocenters. The summed E-state index contributed by atoms with van der Waals surface area (Å²) in [5.74, 6) is 0.964. The Morgan fingerprint density at radius 3 is 2.78 bits per heavy atom. The maximum absolute atomic E-state index is 12.2. The van der Waals surface area contributed by atoms with Crippen LogP contribution in [-0.2, 0) is 0 Å². The van der Waals surface area contributed by atoms with E-state index in [1.165, 1.54) is 0 Å². The van der Waals surface area contributed by atoms with E-state index in [1.54, 1.807) is 24.3 Å². The van der Waals surface area contributed by atoms with E-state index in [0.717, 1.165) is 12.1 Å². The number of amides is 1. The molecule has 0 atom stereocenters. The molecular formula is C17H19N3O2S. The predicted molar refractivity (Wildman–Crippen MR) is 94.9 cm³/mol. The maximum atomic E-state index is 12.2. The van der Waals surface area contributed by atoms with E-state index in [9.17, 15) is 4.79 Å². The Morgan fingerprint density at radius 1 is 1.26 bits per heavy atom. The number of thiocarbonyl (C=S) groups is 1. The van der Waals surface area contributed by atoms with Gasteiger partial charge >= 0.3 is 0 Å². The minimum Gasteiger partial charge on any atom is -0.494 e. The Bertz CT molecular complexity index is 704. The van der Waals surface area contributed by atoms with Crippen LogP contribution < -0.4 is 15.4 Å². The van der Waals surface area contributed by atoms with Gasteiger partial charge in [-0.2, -0.15) is 0 Å². The number of nitrogens with one attached hydrogen (secondary N) is 2. The summed E-state index contributed by atoms with van der Waals surface area (Å²) >= 11 is 5.14. The number of anilines is 1. The highest BCUT2D eigenvalue weighted by Gasteiger charge is 2.09. The first-order valence-electron chi connectivity index (χ1n) is 7.37. The molecule has 0 fully saturated rings. The van der Waals surface area contributed by atoms with Crippen LogP contribution in [0.15, 0.2) is 42.5 Å². The minimum atomic E-state index is -0.294. The quantitative estimate of drug-likeness (QED) is 0.824. The highest BCUT2D eigenvalue weighted by atomic mass is 32.1. The van der Waals surface area contributed by atoms with E-state index in [-0.39, 0.29) is 11.0 Å². The number of aryl methyl sites for hydroxylation is 1. The number of benzene rings is 1. The number of rotatable bonds is 5. The number of carbonyl (C=O) groups excluding carboxylic acids is 1. The minimum absolute atomic E-state index is 0.202. The molecule has 0 saturated carbocycles. The van der Waals surface area contributed by atoms with Gasteiger partial charge in [0.1, 0.15) is 11.6 Å². The third-order valence-corrected chi connectivity index (χ3v) is 3.13. The summed E-state index contributed by atoms with van der Waals surface area (Å²) in [7, 11) is 0. The lowest BCUT2D eigenvalue weighted by atomic mass is 10.2. The van der Waals surface area contributed by atoms with Gasteiger partial charge in [-0.15, -0.1) is 0 Å². The molecule has 5 nitrogen and oxygen atoms in total. The average molecular weight is 329 g/mol. The van der Waals surface area contributed by atoms with Crippen molar-refractivity contribution in [2.24, 2.45) is 0 Å². The summed E-state index contributed by atoms with van der Waals surface area (Å²) in [6.07, 6.45) is 0.911. The fourth-order valence-corrected chi connectivity index (χ4v) is 2.08. The fraction of sp³-hybridized carbons (Fsp3) is 0.235. The molecule has 23 heavy (non-hydrogen) atoms. The summed E-state index contributed by atoms with van der Waals surface area (Å²) in [6.45, 7) is 4.53. The molecule has 6 heteroatoms. The van der Waals surface area contributed by atoms with Crippen LogP contribution in [0.4, 0.5) is 5.82 Å². The number of ether oxygens (including phenoxy) is 1. The van der Waals surface area contributed by atoms with Crippen LogP contribution >= 0.6 is 12.2 Å². The van der Waals surface area contributed by atoms with Crippen LogP contribution in [0.3, 0.4) is 0 Å². The molecular weight excluding hydrogens is 310 g/mol. The van der Waals surface area contributed by atoms with Gasteiger partial charge in [-0.3, -0.25) is 10.1 Å². The van der Waals surface area contributed by atoms with Crippen LogP contribution in [0.25, 0.3) is 0 Å². The lowest BCUT2D eigenvalue weighted by molar-refractivity contribution is 0.0977. The van der Waals surface area contributed by atoms with Crippen molar-refractivity contribution in [3.63, 3.8) is 0 Å². The molecule has 120 valence electrons. The number of hydrogen-bond acceptors (Lipinski definition) is 4. The number of aromatic nitrogens is 1. The SMILES string of the molecule is CCCOc1cccc(C(=O)NC(=S)Nc2cccc(C)n2)c1. The Kier molecular flexibility index (Phi) is 6.05. The third kappa shape index (κ3) is 5.34. The van der Waals surface area contributed by atoms with E-state index in [0.29, 0.717) is 23.7 Å². The largest absolute Gasteiger partial charge is 0.494 e. The van der Waals surface area contributed by atoms with Crippen molar-refractivity contribution in [3.8, 4) is 5.75 Å². The number of pyridine rings is 1. The smallest absolute Gasteiger partial charge is 0.257 e. The van der Waals surface area contributed by atoms with E-state index < -0.39 is 0 Å². The van der Waals surface area contributed by atoms with Gasteiger partial charge in [-0.1, -0.05) is 19.1 Å². The Morgan fingerprint density at radius 2 is 2.04 bits per heavy atom. The van der Waals surface area contributed by atoms with Crippen LogP contribution in [0, 0.1) is 6.92 Å². The third-order valence-electron chi connectivity index (χ3n) is 2.93. The second-order valence-corrected chi connectivity index (χ2v) is 5.36. The molecule has 1 aromatic carbocycles. The average Bonchev–Trinajstić information content (AvgIpc) is 2.53. The number of hydrogen-bond donors (Lipinski definition) is 2. The van der Waals surface area contributed by atoms with Crippen molar-refractivity contribution >= 4 is 29.1 Å². The molecule has 1 aromatic heterocycles. The summed E-state index contributed by atoms with van der Waals surface area (Å²) in [5.41, 5.74) is 1.35. The Hall–Kier alpha value is -2.47. The second-order valence-electron chi connectivity index (χ2n) is 4.95. The van der Waals surface area contributed by atoms with Crippen molar-refractivity contribution < 1.29 is 9.53 Å². The predicted octanol–water partition coefficient (Wildman–Crippen LogP) is 3.31. The topological polar surface area (TPSA) is 63.2 Å². The van der Waals surface area contributed by atoms with Crippen LogP contribution in [0.2, 0.25) is 0 Å². The fourth-order valence-electron chi connectivity index (χ4n) is 1.88. The molecule has 0 aliphatic heterocycles. The van der Waals surface area contributed by atoms with Crippen molar-refractivity contribution in [2.75, 3.05) is 11.9 Å². The zero-order valence-electron chi connectivity index (χ0n) is 13.1. The van der Waals surface area contributed by atoms with Gasteiger partial charge in [-0.05, 0) is 55.9 Å². The Labute approximate surface area is 141 Å². The van der Waals surface area contributed by atoms with Crippen LogP contribution in [-0.4, -0.2) is 22.6 Å². The first kappa shape index (κ1) is 16.9. The van der Waals surface area contributed by atoms with Crippen molar-refractivity contribution in [2.45, 2.75) is 20.3 Å². The van der Waals surface area contributed by atoms with Crippen LogP contribution in [0.5, 0.6) is 5.75 Å². The molecule has 0 saturated heterocycles. The second kappa shape index (κ2) is 8.24. The number of carbonyl (C=O) groups is 1. The van der Waals surface area contributed by atoms with Crippen molar-refractivity contribution in [1.82, 2.24) is 10.3 Å². The standard InChI is InChI=1S/C17H19N3O2S/c1-3-10-22-14-8-5-7-13(11-14)16(21)20-17(23)19-15-9-4-6-12(2)18-15/h4-9,11H,3,10H2,1-2H3,(H2,18,19,20,21,23). The lowest BCUT2D eigenvalue weighted by Crippen LogP contribution is -2.34. The summed E-state index contributed by atoms with van der Waals surface area (Å²) in [4.78, 5) is 16.5. The molecule has 1 heterocycles. The van der Waals surface area contributed by atoms with Gasteiger partial charge in [0.2, 0.25) is 0 Å². The maximum Gasteiger partial charge on any atom is 0.257 e. The normalized spacial score (nSPS) is 10.0. The molecule has 2 aromatic rings. The molecule has 0 spiro atoms. The first-order chi connectivity index (χ1) is 11.1. The zero-order chi connectivity index (χ0) is 16.7. The van der Waals surface area contributed by atoms with E-state index in [2.05, 4.69) is 15.6 Å². The first-order valence-corrected chi connectivity index (χ1v) is 7.78. The molecule has 1 amide bonds. The molecule has 0 aliphatic rings. The van der Waals surface area contributed by atoms with Gasteiger partial charge in [0.05, 0.1) is 6.61 Å². The zero-order valence-corrected chi connectivity index (χ0v) is 13.9. The molecule has 0 bridgehead atoms. The molecule has 0 radical (unpaired) electrons. The Balaban J connectivity index is 1.97.